The number of ether oxygens (including phenoxy) is 2. The van der Waals surface area contributed by atoms with E-state index >= 15 is 0 Å². The lowest BCUT2D eigenvalue weighted by Gasteiger charge is -2.31. The molecule has 28 heavy (non-hydrogen) atoms. The van der Waals surface area contributed by atoms with Crippen LogP contribution in [0.2, 0.25) is 0 Å². The summed E-state index contributed by atoms with van der Waals surface area (Å²) in [5.41, 5.74) is 0.545. The van der Waals surface area contributed by atoms with Crippen molar-refractivity contribution < 1.29 is 24.0 Å². The monoisotopic (exact) mass is 405 g/mol. The average molecular weight is 406 g/mol. The van der Waals surface area contributed by atoms with E-state index in [4.69, 9.17) is 21.7 Å². The highest BCUT2D eigenvalue weighted by molar-refractivity contribution is 7.80. The van der Waals surface area contributed by atoms with Gasteiger partial charge >= 0.3 is 0 Å². The number of benzene rings is 1. The fourth-order valence-corrected chi connectivity index (χ4v) is 3.52. The Bertz CT molecular complexity index is 764. The highest BCUT2D eigenvalue weighted by Crippen LogP contribution is 2.24. The minimum Gasteiger partial charge on any atom is -0.497 e. The van der Waals surface area contributed by atoms with Crippen molar-refractivity contribution in [3.05, 3.63) is 24.3 Å². The van der Waals surface area contributed by atoms with E-state index < -0.39 is 17.7 Å². The van der Waals surface area contributed by atoms with Crippen LogP contribution in [0.1, 0.15) is 6.42 Å². The highest BCUT2D eigenvalue weighted by Gasteiger charge is 2.38. The first-order valence-electron chi connectivity index (χ1n) is 9.34. The van der Waals surface area contributed by atoms with E-state index in [0.717, 1.165) is 39.3 Å². The largest absolute Gasteiger partial charge is 0.497 e. The van der Waals surface area contributed by atoms with E-state index in [2.05, 4.69) is 10.3 Å². The third-order valence-electron chi connectivity index (χ3n) is 4.79. The second-order valence-corrected chi connectivity index (χ2v) is 7.06. The van der Waals surface area contributed by atoms with Crippen molar-refractivity contribution in [2.45, 2.75) is 6.42 Å². The molecule has 0 bridgehead atoms. The predicted molar refractivity (Wildman–Crippen MR) is 109 cm³/mol. The zero-order valence-electron chi connectivity index (χ0n) is 15.8. The number of methoxy groups -OCH3 is 1. The number of carbonyl (C=O) groups is 2. The Morgan fingerprint density at radius 2 is 2.18 bits per heavy atom. The summed E-state index contributed by atoms with van der Waals surface area (Å²) in [5, 5.41) is 2.65. The third kappa shape index (κ3) is 4.92. The predicted octanol–water partition coefficient (Wildman–Crippen LogP) is -0.565. The molecule has 2 aliphatic rings. The summed E-state index contributed by atoms with van der Waals surface area (Å²) in [7, 11) is 1.55. The minimum atomic E-state index is -0.992. The van der Waals surface area contributed by atoms with Crippen LogP contribution in [0.15, 0.2) is 29.3 Å². The zero-order valence-corrected chi connectivity index (χ0v) is 16.7. The molecule has 1 atom stereocenters. The van der Waals surface area contributed by atoms with Gasteiger partial charge in [0.2, 0.25) is 5.91 Å². The van der Waals surface area contributed by atoms with Gasteiger partial charge in [-0.2, -0.15) is 0 Å². The van der Waals surface area contributed by atoms with Gasteiger partial charge in [0.15, 0.2) is 11.0 Å². The Hall–Kier alpha value is -2.36. The molecule has 0 unspecified atom stereocenters. The van der Waals surface area contributed by atoms with Crippen molar-refractivity contribution >= 4 is 41.0 Å². The number of carbonyl (C=O) groups excluding carboxylic acids is 2. The molecule has 2 heterocycles. The van der Waals surface area contributed by atoms with Gasteiger partial charge < -0.3 is 19.7 Å². The number of thiocarbonyl (C=S) groups is 1. The van der Waals surface area contributed by atoms with Gasteiger partial charge in [-0.25, -0.2) is 0 Å². The maximum atomic E-state index is 12.9. The molecular formula is C19H25N4O4S+. The van der Waals surface area contributed by atoms with Crippen LogP contribution in [0.4, 0.5) is 5.69 Å². The first-order chi connectivity index (χ1) is 13.6. The molecule has 0 radical (unpaired) electrons. The molecule has 0 aromatic heterocycles. The number of hydrogen-bond donors (Lipinski definition) is 2. The number of hydrogen-bond acceptors (Lipinski definition) is 6. The van der Waals surface area contributed by atoms with Crippen molar-refractivity contribution in [1.29, 1.82) is 0 Å². The maximum absolute atomic E-state index is 12.9. The standard InChI is InChI=1S/C19H24N4O4S/c1-26-15-5-2-4-14(12-15)23-18(25)16(17(24)21-19(23)28)13-20-6-3-7-22-8-10-27-11-9-22/h2,4-5,12-13,16H,3,6-11H2,1H3,(H,21,24,28)/p+1/t16-/m0/s1. The second kappa shape index (κ2) is 9.72. The molecule has 3 rings (SSSR count). The molecule has 1 aromatic rings. The summed E-state index contributed by atoms with van der Waals surface area (Å²) in [6.45, 7) is 5.21. The number of anilines is 1. The Labute approximate surface area is 169 Å². The molecule has 150 valence electrons. The summed E-state index contributed by atoms with van der Waals surface area (Å²) in [5.74, 6) is -1.25. The van der Waals surface area contributed by atoms with Crippen LogP contribution in [0, 0.1) is 5.92 Å². The first-order valence-corrected chi connectivity index (χ1v) is 9.75. The second-order valence-electron chi connectivity index (χ2n) is 6.67. The molecule has 0 saturated carbocycles. The molecule has 2 saturated heterocycles. The van der Waals surface area contributed by atoms with Crippen LogP contribution in [0.25, 0.3) is 0 Å². The van der Waals surface area contributed by atoms with Gasteiger partial charge in [-0.05, 0) is 24.4 Å². The van der Waals surface area contributed by atoms with Gasteiger partial charge in [0, 0.05) is 25.2 Å². The number of rotatable bonds is 7. The fourth-order valence-electron chi connectivity index (χ4n) is 3.23. The Balaban J connectivity index is 1.61. The number of amides is 2. The minimum absolute atomic E-state index is 0.0591. The topological polar surface area (TPSA) is 84.7 Å². The van der Waals surface area contributed by atoms with Gasteiger partial charge in [-0.3, -0.25) is 19.5 Å². The lowest BCUT2D eigenvalue weighted by molar-refractivity contribution is -0.908. The molecule has 2 amide bonds. The Morgan fingerprint density at radius 3 is 2.93 bits per heavy atom. The normalized spacial score (nSPS) is 21.2. The number of quaternary nitrogens is 1. The highest BCUT2D eigenvalue weighted by atomic mass is 32.1. The van der Waals surface area contributed by atoms with Crippen molar-refractivity contribution in [3.8, 4) is 5.75 Å². The molecule has 2 fully saturated rings. The number of nitrogens with one attached hydrogen (secondary N) is 2. The van der Waals surface area contributed by atoms with Crippen molar-refractivity contribution in [2.24, 2.45) is 10.9 Å². The van der Waals surface area contributed by atoms with Gasteiger partial charge in [0.1, 0.15) is 18.8 Å². The first kappa shape index (κ1) is 20.4. The summed E-state index contributed by atoms with van der Waals surface area (Å²) in [6.07, 6.45) is 2.33. The summed E-state index contributed by atoms with van der Waals surface area (Å²) in [4.78, 5) is 32.3. The van der Waals surface area contributed by atoms with Crippen LogP contribution in [0.3, 0.4) is 0 Å². The van der Waals surface area contributed by atoms with E-state index in [1.165, 1.54) is 16.0 Å². The van der Waals surface area contributed by atoms with Crippen molar-refractivity contribution in [3.63, 3.8) is 0 Å². The van der Waals surface area contributed by atoms with E-state index in [1.807, 2.05) is 0 Å². The zero-order chi connectivity index (χ0) is 19.9. The summed E-state index contributed by atoms with van der Waals surface area (Å²) >= 11 is 5.20. The molecule has 1 aromatic carbocycles. The molecule has 8 nitrogen and oxygen atoms in total. The molecular weight excluding hydrogens is 380 g/mol. The smallest absolute Gasteiger partial charge is 0.251 e. The third-order valence-corrected chi connectivity index (χ3v) is 5.07. The lowest BCUT2D eigenvalue weighted by Crippen LogP contribution is -3.14. The molecule has 2 N–H and O–H groups in total. The van der Waals surface area contributed by atoms with Gasteiger partial charge in [-0.15, -0.1) is 0 Å². The maximum Gasteiger partial charge on any atom is 0.251 e. The SMILES string of the molecule is COc1cccc(N2C(=O)[C@@H](C=NCCC[NH+]3CCOCC3)C(=O)NC2=S)c1. The van der Waals surface area contributed by atoms with Crippen LogP contribution in [-0.4, -0.2) is 69.6 Å². The number of nitrogens with zero attached hydrogens (tertiary/aromatic N) is 2. The summed E-state index contributed by atoms with van der Waals surface area (Å²) < 4.78 is 10.5. The molecule has 2 aliphatic heterocycles. The van der Waals surface area contributed by atoms with Crippen LogP contribution in [-0.2, 0) is 14.3 Å². The van der Waals surface area contributed by atoms with Crippen molar-refractivity contribution in [2.75, 3.05) is 51.4 Å². The van der Waals surface area contributed by atoms with Crippen LogP contribution in [0.5, 0.6) is 5.75 Å². The Kier molecular flexibility index (Phi) is 7.07. The number of morpholine rings is 1. The van der Waals surface area contributed by atoms with Crippen molar-refractivity contribution in [1.82, 2.24) is 5.32 Å². The van der Waals surface area contributed by atoms with Crippen LogP contribution < -0.4 is 19.9 Å². The van der Waals surface area contributed by atoms with Crippen LogP contribution >= 0.6 is 12.2 Å². The van der Waals surface area contributed by atoms with Gasteiger partial charge in [0.25, 0.3) is 5.91 Å². The van der Waals surface area contributed by atoms with E-state index in [0.29, 0.717) is 18.0 Å². The molecule has 0 aliphatic carbocycles. The van der Waals surface area contributed by atoms with E-state index in [1.54, 1.807) is 31.4 Å². The Morgan fingerprint density at radius 1 is 1.39 bits per heavy atom. The van der Waals surface area contributed by atoms with E-state index in [9.17, 15) is 9.59 Å². The quantitative estimate of drug-likeness (QED) is 0.275. The van der Waals surface area contributed by atoms with Gasteiger partial charge in [-0.1, -0.05) is 6.07 Å². The van der Waals surface area contributed by atoms with E-state index in [-0.39, 0.29) is 5.11 Å². The fraction of sp³-hybridized carbons (Fsp3) is 0.474. The summed E-state index contributed by atoms with van der Waals surface area (Å²) in [6, 6.07) is 6.97. The molecule has 9 heteroatoms. The van der Waals surface area contributed by atoms with Gasteiger partial charge in [0.05, 0.1) is 32.6 Å². The number of aliphatic imine (C=N–C) groups is 1. The average Bonchev–Trinajstić information content (AvgIpc) is 2.70. The lowest BCUT2D eigenvalue weighted by atomic mass is 10.1. The molecule has 0 spiro atoms.